The first kappa shape index (κ1) is 14.5. The number of aromatic nitrogens is 2. The lowest BCUT2D eigenvalue weighted by molar-refractivity contribution is 0.450. The molecule has 0 amide bonds. The van der Waals surface area contributed by atoms with Gasteiger partial charge in [0.2, 0.25) is 5.89 Å². The van der Waals surface area contributed by atoms with Crippen molar-refractivity contribution in [3.8, 4) is 11.7 Å². The van der Waals surface area contributed by atoms with Crippen LogP contribution in [-0.2, 0) is 0 Å². The van der Waals surface area contributed by atoms with E-state index in [4.69, 9.17) is 8.83 Å². The van der Waals surface area contributed by atoms with Crippen LogP contribution < -0.4 is 0 Å². The number of nitrogens with zero attached hydrogens (tertiary/aromatic N) is 2. The summed E-state index contributed by atoms with van der Waals surface area (Å²) < 4.78 is 24.3. The van der Waals surface area contributed by atoms with Crippen LogP contribution in [0.4, 0.5) is 4.39 Å². The number of thiol groups is 2. The molecule has 110 valence electrons. The van der Waals surface area contributed by atoms with E-state index in [2.05, 4.69) is 35.5 Å². The van der Waals surface area contributed by atoms with Crippen molar-refractivity contribution < 1.29 is 13.2 Å². The minimum Gasteiger partial charge on any atom is -0.451 e. The van der Waals surface area contributed by atoms with E-state index < -0.39 is 0 Å². The average Bonchev–Trinajstić information content (AvgIpc) is 3.03. The molecular weight excluding hydrogens is 311 g/mol. The van der Waals surface area contributed by atoms with E-state index in [1.54, 1.807) is 12.1 Å². The predicted octanol–water partition coefficient (Wildman–Crippen LogP) is 4.30. The third-order valence-corrected chi connectivity index (χ3v) is 3.54. The van der Waals surface area contributed by atoms with Crippen LogP contribution in [0.15, 0.2) is 33.1 Å². The second-order valence-electron chi connectivity index (χ2n) is 4.86. The summed E-state index contributed by atoms with van der Waals surface area (Å²) in [4.78, 5) is 0. The quantitative estimate of drug-likeness (QED) is 0.555. The van der Waals surface area contributed by atoms with Crippen LogP contribution in [0.3, 0.4) is 0 Å². The Kier molecular flexibility index (Phi) is 3.95. The highest BCUT2D eigenvalue weighted by atomic mass is 32.2. The Morgan fingerprint density at radius 3 is 2.76 bits per heavy atom. The van der Waals surface area contributed by atoms with Gasteiger partial charge in [0.1, 0.15) is 11.4 Å². The van der Waals surface area contributed by atoms with Gasteiger partial charge >= 0.3 is 0 Å². The molecule has 0 N–H and O–H groups in total. The van der Waals surface area contributed by atoms with Crippen LogP contribution in [0.1, 0.15) is 25.2 Å². The summed E-state index contributed by atoms with van der Waals surface area (Å²) in [5.74, 6) is 0.944. The maximum absolute atomic E-state index is 13.2. The molecule has 0 saturated carbocycles. The minimum absolute atomic E-state index is 0.0491. The molecule has 0 fully saturated rings. The maximum Gasteiger partial charge on any atom is 0.283 e. The fraction of sp³-hybridized carbons (Fsp3) is 0.286. The fourth-order valence-electron chi connectivity index (χ4n) is 2.07. The van der Waals surface area contributed by atoms with Crippen LogP contribution in [0, 0.1) is 5.82 Å². The molecular formula is C14H13FN2O2S2. The molecule has 0 saturated heterocycles. The van der Waals surface area contributed by atoms with Gasteiger partial charge in [0.15, 0.2) is 5.76 Å². The topological polar surface area (TPSA) is 52.1 Å². The van der Waals surface area contributed by atoms with E-state index >= 15 is 0 Å². The largest absolute Gasteiger partial charge is 0.451 e. The molecule has 0 aliphatic rings. The first-order chi connectivity index (χ1) is 10.0. The minimum atomic E-state index is -0.316. The van der Waals surface area contributed by atoms with Gasteiger partial charge in [0.05, 0.1) is 0 Å². The number of halogens is 1. The lowest BCUT2D eigenvalue weighted by atomic mass is 10.1. The van der Waals surface area contributed by atoms with Gasteiger partial charge in [0.25, 0.3) is 5.89 Å². The number of hydrogen-bond acceptors (Lipinski definition) is 6. The maximum atomic E-state index is 13.2. The lowest BCUT2D eigenvalue weighted by Gasteiger charge is -2.07. The van der Waals surface area contributed by atoms with Crippen molar-refractivity contribution >= 4 is 36.2 Å². The molecule has 0 aliphatic heterocycles. The van der Waals surface area contributed by atoms with Crippen LogP contribution in [0.25, 0.3) is 22.6 Å². The zero-order valence-electron chi connectivity index (χ0n) is 11.2. The van der Waals surface area contributed by atoms with E-state index in [-0.39, 0.29) is 22.2 Å². The highest BCUT2D eigenvalue weighted by Crippen LogP contribution is 2.30. The first-order valence-corrected chi connectivity index (χ1v) is 7.45. The normalized spacial score (nSPS) is 13.2. The Bertz CT molecular complexity index is 769. The number of hydrogen-bond donors (Lipinski definition) is 2. The van der Waals surface area contributed by atoms with Gasteiger partial charge in [-0.1, -0.05) is 6.92 Å². The second kappa shape index (κ2) is 5.73. The van der Waals surface area contributed by atoms with Crippen LogP contribution in [0.5, 0.6) is 0 Å². The Morgan fingerprint density at radius 1 is 1.19 bits per heavy atom. The van der Waals surface area contributed by atoms with Crippen molar-refractivity contribution in [3.63, 3.8) is 0 Å². The van der Waals surface area contributed by atoms with Gasteiger partial charge in [-0.05, 0) is 30.7 Å². The van der Waals surface area contributed by atoms with Crippen molar-refractivity contribution in [2.45, 2.75) is 23.8 Å². The highest BCUT2D eigenvalue weighted by Gasteiger charge is 2.19. The zero-order valence-corrected chi connectivity index (χ0v) is 12.9. The van der Waals surface area contributed by atoms with Crippen LogP contribution >= 0.6 is 25.3 Å². The van der Waals surface area contributed by atoms with E-state index in [9.17, 15) is 4.39 Å². The van der Waals surface area contributed by atoms with Crippen molar-refractivity contribution in [2.75, 3.05) is 0 Å². The van der Waals surface area contributed by atoms with Gasteiger partial charge < -0.3 is 8.83 Å². The molecule has 2 heterocycles. The van der Waals surface area contributed by atoms with Crippen molar-refractivity contribution in [2.24, 2.45) is 0 Å². The van der Waals surface area contributed by atoms with E-state index in [0.717, 1.165) is 0 Å². The van der Waals surface area contributed by atoms with Gasteiger partial charge in [-0.25, -0.2) is 4.39 Å². The lowest BCUT2D eigenvalue weighted by Crippen LogP contribution is -1.99. The summed E-state index contributed by atoms with van der Waals surface area (Å²) >= 11 is 8.46. The first-order valence-electron chi connectivity index (χ1n) is 6.42. The number of benzene rings is 1. The Labute approximate surface area is 131 Å². The smallest absolute Gasteiger partial charge is 0.283 e. The molecule has 4 nitrogen and oxygen atoms in total. The Morgan fingerprint density at radius 2 is 2.00 bits per heavy atom. The summed E-state index contributed by atoms with van der Waals surface area (Å²) in [7, 11) is 0. The van der Waals surface area contributed by atoms with E-state index in [0.29, 0.717) is 29.0 Å². The summed E-state index contributed by atoms with van der Waals surface area (Å²) in [5, 5.41) is 8.65. The molecule has 1 atom stereocenters. The van der Waals surface area contributed by atoms with Crippen LogP contribution in [0.2, 0.25) is 0 Å². The van der Waals surface area contributed by atoms with Gasteiger partial charge in [-0.3, -0.25) is 0 Å². The van der Waals surface area contributed by atoms with Crippen LogP contribution in [-0.4, -0.2) is 14.8 Å². The molecule has 0 aliphatic carbocycles. The summed E-state index contributed by atoms with van der Waals surface area (Å²) in [5.41, 5.74) is 0.574. The molecule has 3 rings (SSSR count). The molecule has 2 aromatic heterocycles. The third-order valence-electron chi connectivity index (χ3n) is 3.12. The highest BCUT2D eigenvalue weighted by molar-refractivity contribution is 7.99. The second-order valence-corrected chi connectivity index (χ2v) is 6.51. The summed E-state index contributed by atoms with van der Waals surface area (Å²) in [6.45, 7) is 1.96. The summed E-state index contributed by atoms with van der Waals surface area (Å²) in [6.07, 6.45) is 0.708. The number of furan rings is 1. The monoisotopic (exact) mass is 324 g/mol. The van der Waals surface area contributed by atoms with E-state index in [1.807, 2.05) is 6.92 Å². The number of rotatable bonds is 4. The number of fused-ring (bicyclic) bond motifs is 1. The zero-order chi connectivity index (χ0) is 15.0. The van der Waals surface area contributed by atoms with Gasteiger partial charge in [-0.2, -0.15) is 25.3 Å². The molecule has 3 aromatic rings. The Balaban J connectivity index is 1.90. The molecule has 21 heavy (non-hydrogen) atoms. The third kappa shape index (κ3) is 3.08. The van der Waals surface area contributed by atoms with Crippen molar-refractivity contribution in [3.05, 3.63) is 36.0 Å². The molecule has 0 radical (unpaired) electrons. The van der Waals surface area contributed by atoms with Gasteiger partial charge in [-0.15, -0.1) is 10.2 Å². The van der Waals surface area contributed by atoms with Crippen molar-refractivity contribution in [1.82, 2.24) is 10.2 Å². The SMILES string of the molecule is CC(CC(S)S)c1nnc(-c2cc3cc(F)ccc3o2)o1. The molecule has 7 heteroatoms. The molecule has 1 unspecified atom stereocenters. The summed E-state index contributed by atoms with van der Waals surface area (Å²) in [6, 6.07) is 5.99. The van der Waals surface area contributed by atoms with Gasteiger partial charge in [0, 0.05) is 15.9 Å². The average molecular weight is 324 g/mol. The molecule has 0 bridgehead atoms. The Hall–Kier alpha value is -1.47. The van der Waals surface area contributed by atoms with E-state index in [1.165, 1.54) is 12.1 Å². The molecule has 1 aromatic carbocycles. The fourth-order valence-corrected chi connectivity index (χ4v) is 2.70. The molecule has 0 spiro atoms. The standard InChI is InChI=1S/C14H13FN2O2S2/c1-7(4-12(20)21)13-16-17-14(19-13)11-6-8-5-9(15)2-3-10(8)18-11/h2-3,5-7,12,20-21H,4H2,1H3. The predicted molar refractivity (Wildman–Crippen MR) is 84.3 cm³/mol. The van der Waals surface area contributed by atoms with Crippen molar-refractivity contribution in [1.29, 1.82) is 0 Å².